The summed E-state index contributed by atoms with van der Waals surface area (Å²) < 4.78 is 0. The van der Waals surface area contributed by atoms with Gasteiger partial charge in [0.05, 0.1) is 5.69 Å². The first kappa shape index (κ1) is 11.0. The Labute approximate surface area is 105 Å². The van der Waals surface area contributed by atoms with Crippen molar-refractivity contribution in [2.24, 2.45) is 0 Å². The fourth-order valence-electron chi connectivity index (χ4n) is 2.42. The predicted molar refractivity (Wildman–Crippen MR) is 69.5 cm³/mol. The first-order valence-corrected chi connectivity index (χ1v) is 6.10. The molecule has 1 aromatic carbocycles. The topological polar surface area (TPSA) is 49.4 Å². The van der Waals surface area contributed by atoms with E-state index in [2.05, 4.69) is 5.32 Å². The molecule has 0 spiro atoms. The molecule has 92 valence electrons. The number of benzene rings is 1. The normalized spacial score (nSPS) is 18.5. The maximum Gasteiger partial charge on any atom is 0.261 e. The van der Waals surface area contributed by atoms with Gasteiger partial charge in [0.1, 0.15) is 0 Å². The second-order valence-electron chi connectivity index (χ2n) is 4.68. The maximum atomic E-state index is 11.9. The minimum absolute atomic E-state index is 0.226. The number of carbonyl (C=O) groups excluding carboxylic acids is 2. The Hall–Kier alpha value is -2.10. The Balaban J connectivity index is 1.99. The highest BCUT2D eigenvalue weighted by atomic mass is 16.2. The lowest BCUT2D eigenvalue weighted by Gasteiger charge is -2.21. The summed E-state index contributed by atoms with van der Waals surface area (Å²) in [5.41, 5.74) is 3.41. The number of nitrogens with zero attached hydrogens (tertiary/aromatic N) is 1. The molecule has 1 aromatic rings. The molecule has 0 fully saturated rings. The lowest BCUT2D eigenvalue weighted by atomic mass is 10.0. The first-order chi connectivity index (χ1) is 8.66. The van der Waals surface area contributed by atoms with E-state index in [1.54, 1.807) is 6.92 Å². The fraction of sp³-hybridized carbons (Fsp3) is 0.286. The van der Waals surface area contributed by atoms with Gasteiger partial charge in [-0.15, -0.1) is 0 Å². The summed E-state index contributed by atoms with van der Waals surface area (Å²) in [4.78, 5) is 24.9. The quantitative estimate of drug-likeness (QED) is 0.765. The van der Waals surface area contributed by atoms with E-state index in [-0.39, 0.29) is 11.8 Å². The molecule has 0 radical (unpaired) electrons. The summed E-state index contributed by atoms with van der Waals surface area (Å²) >= 11 is 0. The summed E-state index contributed by atoms with van der Waals surface area (Å²) in [6, 6.07) is 5.72. The Morgan fingerprint density at radius 3 is 2.83 bits per heavy atom. The second-order valence-corrected chi connectivity index (χ2v) is 4.68. The van der Waals surface area contributed by atoms with Crippen LogP contribution in [-0.2, 0) is 16.0 Å². The Morgan fingerprint density at radius 2 is 2.11 bits per heavy atom. The standard InChI is InChI=1S/C14H14N2O2/c1-9-7-13(17)16(14(9)18)11-5-4-10-3-2-6-15-12(10)8-11/h4-5,7-8,15H,2-3,6H2,1H3. The van der Waals surface area contributed by atoms with Crippen LogP contribution in [0.25, 0.3) is 0 Å². The van der Waals surface area contributed by atoms with Crippen LogP contribution in [0, 0.1) is 0 Å². The van der Waals surface area contributed by atoms with Gasteiger partial charge in [0.2, 0.25) is 0 Å². The van der Waals surface area contributed by atoms with Crippen LogP contribution in [0.4, 0.5) is 11.4 Å². The molecule has 0 atom stereocenters. The van der Waals surface area contributed by atoms with Crippen LogP contribution in [0.3, 0.4) is 0 Å². The molecule has 1 N–H and O–H groups in total. The molecule has 4 heteroatoms. The van der Waals surface area contributed by atoms with Gasteiger partial charge in [-0.3, -0.25) is 9.59 Å². The monoisotopic (exact) mass is 242 g/mol. The van der Waals surface area contributed by atoms with Gasteiger partial charge in [-0.05, 0) is 37.5 Å². The first-order valence-electron chi connectivity index (χ1n) is 6.10. The summed E-state index contributed by atoms with van der Waals surface area (Å²) in [7, 11) is 0. The molecule has 0 saturated carbocycles. The van der Waals surface area contributed by atoms with Gasteiger partial charge < -0.3 is 5.32 Å². The van der Waals surface area contributed by atoms with Crippen molar-refractivity contribution >= 4 is 23.2 Å². The van der Waals surface area contributed by atoms with Gasteiger partial charge in [0, 0.05) is 23.9 Å². The molecule has 0 aliphatic carbocycles. The fourth-order valence-corrected chi connectivity index (χ4v) is 2.42. The summed E-state index contributed by atoms with van der Waals surface area (Å²) in [6.07, 6.45) is 3.55. The van der Waals surface area contributed by atoms with E-state index in [0.717, 1.165) is 25.1 Å². The molecule has 0 unspecified atom stereocenters. The molecule has 0 aromatic heterocycles. The largest absolute Gasteiger partial charge is 0.385 e. The van der Waals surface area contributed by atoms with Crippen LogP contribution in [0.1, 0.15) is 18.9 Å². The lowest BCUT2D eigenvalue weighted by molar-refractivity contribution is -0.120. The van der Waals surface area contributed by atoms with Gasteiger partial charge in [0.15, 0.2) is 0 Å². The molecule has 2 amide bonds. The molecule has 18 heavy (non-hydrogen) atoms. The minimum Gasteiger partial charge on any atom is -0.385 e. The third-order valence-electron chi connectivity index (χ3n) is 3.39. The minimum atomic E-state index is -0.256. The van der Waals surface area contributed by atoms with Crippen molar-refractivity contribution in [3.63, 3.8) is 0 Å². The molecule has 2 heterocycles. The van der Waals surface area contributed by atoms with Gasteiger partial charge >= 0.3 is 0 Å². The number of rotatable bonds is 1. The number of hydrogen-bond donors (Lipinski definition) is 1. The highest BCUT2D eigenvalue weighted by Crippen LogP contribution is 2.29. The average molecular weight is 242 g/mol. The number of amides is 2. The van der Waals surface area contributed by atoms with Crippen LogP contribution in [0.2, 0.25) is 0 Å². The number of anilines is 2. The molecule has 0 bridgehead atoms. The summed E-state index contributed by atoms with van der Waals surface area (Å²) in [5, 5.41) is 3.30. The van der Waals surface area contributed by atoms with E-state index >= 15 is 0 Å². The van der Waals surface area contributed by atoms with Gasteiger partial charge in [-0.1, -0.05) is 6.07 Å². The van der Waals surface area contributed by atoms with Crippen LogP contribution in [-0.4, -0.2) is 18.4 Å². The molecular formula is C14H14N2O2. The van der Waals surface area contributed by atoms with Gasteiger partial charge in [-0.2, -0.15) is 0 Å². The van der Waals surface area contributed by atoms with E-state index in [1.807, 2.05) is 18.2 Å². The third kappa shape index (κ3) is 1.61. The Bertz CT molecular complexity index is 575. The number of fused-ring (bicyclic) bond motifs is 1. The highest BCUT2D eigenvalue weighted by molar-refractivity contribution is 6.30. The third-order valence-corrected chi connectivity index (χ3v) is 3.39. The molecule has 2 aliphatic heterocycles. The summed E-state index contributed by atoms with van der Waals surface area (Å²) in [5.74, 6) is -0.482. The van der Waals surface area contributed by atoms with Gasteiger partial charge in [-0.25, -0.2) is 4.90 Å². The number of imide groups is 1. The van der Waals surface area contributed by atoms with Crippen molar-refractivity contribution in [3.8, 4) is 0 Å². The lowest BCUT2D eigenvalue weighted by Crippen LogP contribution is -2.30. The zero-order chi connectivity index (χ0) is 12.7. The van der Waals surface area contributed by atoms with E-state index in [4.69, 9.17) is 0 Å². The average Bonchev–Trinajstić information content (AvgIpc) is 2.63. The van der Waals surface area contributed by atoms with Crippen LogP contribution in [0.15, 0.2) is 29.8 Å². The zero-order valence-corrected chi connectivity index (χ0v) is 10.2. The van der Waals surface area contributed by atoms with E-state index in [1.165, 1.54) is 16.5 Å². The Kier molecular flexibility index (Phi) is 2.44. The molecule has 3 rings (SSSR count). The Morgan fingerprint density at radius 1 is 1.28 bits per heavy atom. The van der Waals surface area contributed by atoms with Crippen LogP contribution in [0.5, 0.6) is 0 Å². The number of hydrogen-bond acceptors (Lipinski definition) is 3. The van der Waals surface area contributed by atoms with Crippen molar-refractivity contribution in [3.05, 3.63) is 35.4 Å². The van der Waals surface area contributed by atoms with Crippen molar-refractivity contribution in [2.75, 3.05) is 16.8 Å². The van der Waals surface area contributed by atoms with Crippen molar-refractivity contribution in [2.45, 2.75) is 19.8 Å². The van der Waals surface area contributed by atoms with E-state index in [9.17, 15) is 9.59 Å². The highest BCUT2D eigenvalue weighted by Gasteiger charge is 2.30. The van der Waals surface area contributed by atoms with Crippen LogP contribution < -0.4 is 10.2 Å². The van der Waals surface area contributed by atoms with E-state index in [0.29, 0.717) is 11.3 Å². The molecule has 2 aliphatic rings. The zero-order valence-electron chi connectivity index (χ0n) is 10.2. The number of nitrogens with one attached hydrogen (secondary N) is 1. The maximum absolute atomic E-state index is 11.9. The number of carbonyl (C=O) groups is 2. The summed E-state index contributed by atoms with van der Waals surface area (Å²) in [6.45, 7) is 2.60. The van der Waals surface area contributed by atoms with Crippen molar-refractivity contribution in [1.82, 2.24) is 0 Å². The number of aryl methyl sites for hydroxylation is 1. The predicted octanol–water partition coefficient (Wildman–Crippen LogP) is 1.86. The van der Waals surface area contributed by atoms with Crippen molar-refractivity contribution < 1.29 is 9.59 Å². The van der Waals surface area contributed by atoms with Crippen molar-refractivity contribution in [1.29, 1.82) is 0 Å². The smallest absolute Gasteiger partial charge is 0.261 e. The molecular weight excluding hydrogens is 228 g/mol. The van der Waals surface area contributed by atoms with Gasteiger partial charge in [0.25, 0.3) is 11.8 Å². The SMILES string of the molecule is CC1=CC(=O)N(c2ccc3c(c2)NCCC3)C1=O. The second kappa shape index (κ2) is 3.98. The van der Waals surface area contributed by atoms with Crippen LogP contribution >= 0.6 is 0 Å². The van der Waals surface area contributed by atoms with E-state index < -0.39 is 0 Å². The molecule has 4 nitrogen and oxygen atoms in total. The molecule has 0 saturated heterocycles.